The van der Waals surface area contributed by atoms with E-state index < -0.39 is 0 Å². The average molecular weight is 218 g/mol. The average Bonchev–Trinajstić information content (AvgIpc) is 2.55. The van der Waals surface area contributed by atoms with Gasteiger partial charge in [-0.2, -0.15) is 0 Å². The maximum absolute atomic E-state index is 11.8. The van der Waals surface area contributed by atoms with Crippen molar-refractivity contribution in [2.75, 3.05) is 13.7 Å². The van der Waals surface area contributed by atoms with Gasteiger partial charge in [-0.05, 0) is 12.1 Å². The summed E-state index contributed by atoms with van der Waals surface area (Å²) in [5, 5.41) is 3.50. The number of oxime groups is 1. The maximum Gasteiger partial charge on any atom is 0.261 e. The Bertz CT molecular complexity index is 433. The lowest BCUT2D eigenvalue weighted by Crippen LogP contribution is -2.31. The molecule has 0 atom stereocenters. The zero-order valence-electron chi connectivity index (χ0n) is 8.71. The maximum atomic E-state index is 11.8. The first-order valence-corrected chi connectivity index (χ1v) is 4.76. The minimum Gasteiger partial charge on any atom is -0.399 e. The third kappa shape index (κ3) is 1.56. The summed E-state index contributed by atoms with van der Waals surface area (Å²) in [6, 6.07) is 6.75. The minimum atomic E-state index is -0.289. The number of hydrogen-bond acceptors (Lipinski definition) is 4. The Morgan fingerprint density at radius 2 is 1.81 bits per heavy atom. The van der Waals surface area contributed by atoms with Gasteiger partial charge in [0.2, 0.25) is 0 Å². The van der Waals surface area contributed by atoms with Gasteiger partial charge in [-0.15, -0.1) is 0 Å². The van der Waals surface area contributed by atoms with E-state index in [2.05, 4.69) is 9.99 Å². The summed E-state index contributed by atoms with van der Waals surface area (Å²) < 4.78 is 0. The van der Waals surface area contributed by atoms with Crippen LogP contribution in [0.2, 0.25) is 0 Å². The molecule has 1 aromatic carbocycles. The van der Waals surface area contributed by atoms with Crippen molar-refractivity contribution in [3.63, 3.8) is 0 Å². The molecule has 0 aromatic heterocycles. The fourth-order valence-corrected chi connectivity index (χ4v) is 1.59. The van der Waals surface area contributed by atoms with E-state index in [-0.39, 0.29) is 18.4 Å². The summed E-state index contributed by atoms with van der Waals surface area (Å²) in [6.45, 7) is 0.125. The van der Waals surface area contributed by atoms with E-state index in [0.29, 0.717) is 11.1 Å². The summed E-state index contributed by atoms with van der Waals surface area (Å²) in [4.78, 5) is 29.2. The molecular formula is C11H10N2O3. The highest BCUT2D eigenvalue weighted by Gasteiger charge is 2.34. The molecule has 0 spiro atoms. The molecule has 1 aliphatic heterocycles. The normalized spacial score (nSPS) is 14.7. The molecule has 82 valence electrons. The third-order valence-corrected chi connectivity index (χ3v) is 2.32. The zero-order valence-corrected chi connectivity index (χ0v) is 8.71. The first-order valence-electron chi connectivity index (χ1n) is 4.76. The Hall–Kier alpha value is -2.17. The van der Waals surface area contributed by atoms with E-state index in [1.165, 1.54) is 13.3 Å². The van der Waals surface area contributed by atoms with Crippen molar-refractivity contribution in [2.24, 2.45) is 5.16 Å². The van der Waals surface area contributed by atoms with Crippen LogP contribution in [0, 0.1) is 0 Å². The molecule has 0 aliphatic carbocycles. The SMILES string of the molecule is CON=CCN1C(=O)c2ccccc2C1=O. The van der Waals surface area contributed by atoms with Crippen LogP contribution in [-0.4, -0.2) is 36.6 Å². The molecule has 1 aromatic rings. The Labute approximate surface area is 92.3 Å². The second kappa shape index (κ2) is 4.14. The van der Waals surface area contributed by atoms with E-state index in [9.17, 15) is 9.59 Å². The lowest BCUT2D eigenvalue weighted by molar-refractivity contribution is 0.0678. The number of amides is 2. The lowest BCUT2D eigenvalue weighted by Gasteiger charge is -2.09. The molecular weight excluding hydrogens is 208 g/mol. The quantitative estimate of drug-likeness (QED) is 0.430. The highest BCUT2D eigenvalue weighted by atomic mass is 16.6. The predicted molar refractivity (Wildman–Crippen MR) is 57.3 cm³/mol. The van der Waals surface area contributed by atoms with Crippen molar-refractivity contribution < 1.29 is 14.4 Å². The van der Waals surface area contributed by atoms with Gasteiger partial charge in [0.1, 0.15) is 7.11 Å². The highest BCUT2D eigenvalue weighted by Crippen LogP contribution is 2.21. The Morgan fingerprint density at radius 3 is 2.31 bits per heavy atom. The fraction of sp³-hybridized carbons (Fsp3) is 0.182. The van der Waals surface area contributed by atoms with Crippen molar-refractivity contribution in [1.82, 2.24) is 4.90 Å². The van der Waals surface area contributed by atoms with Gasteiger partial charge >= 0.3 is 0 Å². The van der Waals surface area contributed by atoms with Crippen molar-refractivity contribution in [3.8, 4) is 0 Å². The van der Waals surface area contributed by atoms with Crippen LogP contribution >= 0.6 is 0 Å². The monoisotopic (exact) mass is 218 g/mol. The molecule has 1 aliphatic rings. The first-order chi connectivity index (χ1) is 7.75. The highest BCUT2D eigenvalue weighted by molar-refractivity contribution is 6.22. The molecule has 1 heterocycles. The molecule has 0 unspecified atom stereocenters. The first kappa shape index (κ1) is 10.4. The van der Waals surface area contributed by atoms with E-state index >= 15 is 0 Å². The summed E-state index contributed by atoms with van der Waals surface area (Å²) in [5.74, 6) is -0.577. The number of nitrogens with zero attached hydrogens (tertiary/aromatic N) is 2. The molecule has 2 amide bonds. The molecule has 2 rings (SSSR count). The molecule has 0 saturated heterocycles. The van der Waals surface area contributed by atoms with Gasteiger partial charge in [0, 0.05) is 0 Å². The largest absolute Gasteiger partial charge is 0.399 e. The van der Waals surface area contributed by atoms with Crippen molar-refractivity contribution in [2.45, 2.75) is 0 Å². The topological polar surface area (TPSA) is 59.0 Å². The molecule has 0 bridgehead atoms. The summed E-state index contributed by atoms with van der Waals surface area (Å²) in [6.07, 6.45) is 1.38. The van der Waals surface area contributed by atoms with Crippen LogP contribution in [0.5, 0.6) is 0 Å². The van der Waals surface area contributed by atoms with Gasteiger partial charge in [-0.25, -0.2) is 0 Å². The Balaban J connectivity index is 2.25. The minimum absolute atomic E-state index is 0.125. The fourth-order valence-electron chi connectivity index (χ4n) is 1.59. The molecule has 5 nitrogen and oxygen atoms in total. The number of imide groups is 1. The van der Waals surface area contributed by atoms with E-state index in [1.807, 2.05) is 0 Å². The van der Waals surface area contributed by atoms with Gasteiger partial charge < -0.3 is 4.84 Å². The van der Waals surface area contributed by atoms with Gasteiger partial charge in [0.15, 0.2) is 0 Å². The van der Waals surface area contributed by atoms with Crippen molar-refractivity contribution in [3.05, 3.63) is 35.4 Å². The number of fused-ring (bicyclic) bond motifs is 1. The molecule has 0 saturated carbocycles. The van der Waals surface area contributed by atoms with Crippen molar-refractivity contribution in [1.29, 1.82) is 0 Å². The molecule has 0 radical (unpaired) electrons. The lowest BCUT2D eigenvalue weighted by atomic mass is 10.1. The van der Waals surface area contributed by atoms with Crippen LogP contribution in [0.3, 0.4) is 0 Å². The van der Waals surface area contributed by atoms with Crippen LogP contribution in [0.4, 0.5) is 0 Å². The molecule has 0 fully saturated rings. The van der Waals surface area contributed by atoms with Crippen LogP contribution < -0.4 is 0 Å². The third-order valence-electron chi connectivity index (χ3n) is 2.32. The molecule has 0 N–H and O–H groups in total. The van der Waals surface area contributed by atoms with Gasteiger partial charge in [-0.3, -0.25) is 14.5 Å². The van der Waals surface area contributed by atoms with Crippen LogP contribution in [0.25, 0.3) is 0 Å². The predicted octanol–water partition coefficient (Wildman–Crippen LogP) is 0.915. The van der Waals surface area contributed by atoms with Crippen LogP contribution in [-0.2, 0) is 4.84 Å². The second-order valence-corrected chi connectivity index (χ2v) is 3.24. The van der Waals surface area contributed by atoms with Crippen molar-refractivity contribution >= 4 is 18.0 Å². The summed E-state index contributed by atoms with van der Waals surface area (Å²) in [7, 11) is 1.40. The molecule has 5 heteroatoms. The van der Waals surface area contributed by atoms with E-state index in [1.54, 1.807) is 24.3 Å². The smallest absolute Gasteiger partial charge is 0.261 e. The van der Waals surface area contributed by atoms with Crippen LogP contribution in [0.1, 0.15) is 20.7 Å². The van der Waals surface area contributed by atoms with Gasteiger partial charge in [0.25, 0.3) is 11.8 Å². The number of benzene rings is 1. The standard InChI is InChI=1S/C11H10N2O3/c1-16-12-6-7-13-10(14)8-4-2-3-5-9(8)11(13)15/h2-6H,7H2,1H3. The number of rotatable bonds is 3. The van der Waals surface area contributed by atoms with E-state index in [0.717, 1.165) is 4.90 Å². The zero-order chi connectivity index (χ0) is 11.5. The van der Waals surface area contributed by atoms with Gasteiger partial charge in [0.05, 0.1) is 23.9 Å². The number of hydrogen-bond donors (Lipinski definition) is 0. The molecule has 16 heavy (non-hydrogen) atoms. The van der Waals surface area contributed by atoms with Crippen LogP contribution in [0.15, 0.2) is 29.4 Å². The number of carbonyl (C=O) groups excluding carboxylic acids is 2. The van der Waals surface area contributed by atoms with Gasteiger partial charge in [-0.1, -0.05) is 17.3 Å². The summed E-state index contributed by atoms with van der Waals surface area (Å²) in [5.41, 5.74) is 0.886. The van der Waals surface area contributed by atoms with E-state index in [4.69, 9.17) is 0 Å². The summed E-state index contributed by atoms with van der Waals surface area (Å²) >= 11 is 0. The Morgan fingerprint density at radius 1 is 1.25 bits per heavy atom. The second-order valence-electron chi connectivity index (χ2n) is 3.24. The number of carbonyl (C=O) groups is 2. The Kier molecular flexibility index (Phi) is 2.68.